The molecule has 2 aromatic rings. The van der Waals surface area contributed by atoms with Gasteiger partial charge in [-0.25, -0.2) is 4.79 Å². The highest BCUT2D eigenvalue weighted by Crippen LogP contribution is 2.35. The summed E-state index contributed by atoms with van der Waals surface area (Å²) >= 11 is 0. The average molecular weight is 253 g/mol. The molecule has 0 fully saturated rings. The number of esters is 1. The molecule has 0 aliphatic heterocycles. The van der Waals surface area contributed by atoms with Gasteiger partial charge >= 0.3 is 5.97 Å². The molecule has 1 heterocycles. The largest absolute Gasteiger partial charge is 0.462 e. The topological polar surface area (TPSA) is 56.3 Å². The summed E-state index contributed by atoms with van der Waals surface area (Å²) in [5, 5.41) is 0. The molecule has 0 atom stereocenters. The second-order valence-electron chi connectivity index (χ2n) is 4.22. The van der Waals surface area contributed by atoms with E-state index in [1.54, 1.807) is 19.1 Å². The van der Waals surface area contributed by atoms with E-state index in [-0.39, 0.29) is 5.78 Å². The van der Waals surface area contributed by atoms with Gasteiger partial charge in [0.05, 0.1) is 12.2 Å². The molecular formula is C15H11NO3. The lowest BCUT2D eigenvalue weighted by atomic mass is 10.1. The van der Waals surface area contributed by atoms with Crippen molar-refractivity contribution < 1.29 is 14.3 Å². The molecule has 4 nitrogen and oxygen atoms in total. The zero-order valence-electron chi connectivity index (χ0n) is 10.3. The molecule has 0 saturated carbocycles. The summed E-state index contributed by atoms with van der Waals surface area (Å²) < 4.78 is 4.94. The van der Waals surface area contributed by atoms with Crippen LogP contribution in [0.25, 0.3) is 11.1 Å². The number of pyridine rings is 1. The lowest BCUT2D eigenvalue weighted by Crippen LogP contribution is -2.06. The highest BCUT2D eigenvalue weighted by molar-refractivity contribution is 6.20. The summed E-state index contributed by atoms with van der Waals surface area (Å²) in [7, 11) is 0. The first-order valence-electron chi connectivity index (χ1n) is 6.03. The van der Waals surface area contributed by atoms with Gasteiger partial charge in [0.15, 0.2) is 0 Å². The van der Waals surface area contributed by atoms with Crippen LogP contribution in [0.2, 0.25) is 0 Å². The molecule has 1 aliphatic rings. The number of nitrogens with zero attached hydrogens (tertiary/aromatic N) is 1. The minimum Gasteiger partial charge on any atom is -0.462 e. The Bertz CT molecular complexity index is 692. The number of ether oxygens (including phenoxy) is 1. The summed E-state index contributed by atoms with van der Waals surface area (Å²) in [5.74, 6) is -0.518. The Labute approximate surface area is 110 Å². The number of rotatable bonds is 2. The predicted molar refractivity (Wildman–Crippen MR) is 69.1 cm³/mol. The number of hydrogen-bond acceptors (Lipinski definition) is 4. The van der Waals surface area contributed by atoms with E-state index in [1.807, 2.05) is 18.2 Å². The molecule has 94 valence electrons. The molecule has 1 aliphatic carbocycles. The van der Waals surface area contributed by atoms with E-state index in [1.165, 1.54) is 6.20 Å². The number of aromatic nitrogens is 1. The maximum Gasteiger partial charge on any atom is 0.339 e. The van der Waals surface area contributed by atoms with Crippen molar-refractivity contribution in [3.8, 4) is 11.1 Å². The number of hydrogen-bond donors (Lipinski definition) is 0. The Hall–Kier alpha value is -2.49. The number of benzene rings is 1. The molecule has 0 radical (unpaired) electrons. The Morgan fingerprint density at radius 3 is 2.68 bits per heavy atom. The van der Waals surface area contributed by atoms with Crippen molar-refractivity contribution in [3.05, 3.63) is 53.3 Å². The van der Waals surface area contributed by atoms with Crippen molar-refractivity contribution in [1.29, 1.82) is 0 Å². The van der Waals surface area contributed by atoms with Gasteiger partial charge in [0.25, 0.3) is 0 Å². The molecule has 19 heavy (non-hydrogen) atoms. The van der Waals surface area contributed by atoms with Gasteiger partial charge in [-0.1, -0.05) is 24.3 Å². The van der Waals surface area contributed by atoms with Crippen LogP contribution in [0.4, 0.5) is 0 Å². The van der Waals surface area contributed by atoms with Gasteiger partial charge in [0, 0.05) is 17.3 Å². The van der Waals surface area contributed by atoms with Crippen molar-refractivity contribution in [3.63, 3.8) is 0 Å². The van der Waals surface area contributed by atoms with Gasteiger partial charge in [-0.2, -0.15) is 0 Å². The summed E-state index contributed by atoms with van der Waals surface area (Å²) in [4.78, 5) is 27.9. The Morgan fingerprint density at radius 1 is 1.21 bits per heavy atom. The molecule has 0 N–H and O–H groups in total. The zero-order valence-corrected chi connectivity index (χ0v) is 10.3. The molecule has 1 aromatic heterocycles. The molecule has 0 saturated heterocycles. The van der Waals surface area contributed by atoms with Crippen LogP contribution in [-0.2, 0) is 4.74 Å². The standard InChI is InChI=1S/C15H11NO3/c1-2-19-15(18)9-7-12-10-5-3-4-6-11(10)14(17)13(12)16-8-9/h3-8H,2H2,1H3. The third-order valence-electron chi connectivity index (χ3n) is 3.08. The normalized spacial score (nSPS) is 11.9. The van der Waals surface area contributed by atoms with E-state index in [2.05, 4.69) is 4.98 Å². The number of fused-ring (bicyclic) bond motifs is 3. The molecule has 0 spiro atoms. The number of ketones is 1. The second-order valence-corrected chi connectivity index (χ2v) is 4.22. The third-order valence-corrected chi connectivity index (χ3v) is 3.08. The maximum absolute atomic E-state index is 12.1. The highest BCUT2D eigenvalue weighted by Gasteiger charge is 2.28. The van der Waals surface area contributed by atoms with Gasteiger partial charge in [-0.05, 0) is 18.6 Å². The van der Waals surface area contributed by atoms with Crippen LogP contribution >= 0.6 is 0 Å². The molecule has 0 bridgehead atoms. The number of carbonyl (C=O) groups excluding carboxylic acids is 2. The maximum atomic E-state index is 12.1. The molecule has 3 rings (SSSR count). The third kappa shape index (κ3) is 1.73. The van der Waals surface area contributed by atoms with E-state index in [9.17, 15) is 9.59 Å². The van der Waals surface area contributed by atoms with Crippen LogP contribution in [0.5, 0.6) is 0 Å². The summed E-state index contributed by atoms with van der Waals surface area (Å²) in [6.45, 7) is 2.06. The SMILES string of the molecule is CCOC(=O)c1cnc2c(c1)-c1ccccc1C2=O. The van der Waals surface area contributed by atoms with Gasteiger partial charge in [-0.3, -0.25) is 9.78 Å². The molecule has 0 amide bonds. The smallest absolute Gasteiger partial charge is 0.339 e. The van der Waals surface area contributed by atoms with Crippen molar-refractivity contribution in [1.82, 2.24) is 4.98 Å². The van der Waals surface area contributed by atoms with Crippen molar-refractivity contribution in [2.75, 3.05) is 6.61 Å². The van der Waals surface area contributed by atoms with Crippen LogP contribution in [0.15, 0.2) is 36.5 Å². The molecule has 1 aromatic carbocycles. The minimum absolute atomic E-state index is 0.0963. The van der Waals surface area contributed by atoms with E-state index in [0.29, 0.717) is 29.0 Å². The summed E-state index contributed by atoms with van der Waals surface area (Å²) in [6, 6.07) is 8.97. The monoisotopic (exact) mass is 253 g/mol. The fourth-order valence-electron chi connectivity index (χ4n) is 2.22. The zero-order chi connectivity index (χ0) is 13.4. The van der Waals surface area contributed by atoms with E-state index < -0.39 is 5.97 Å². The van der Waals surface area contributed by atoms with Crippen LogP contribution in [-0.4, -0.2) is 23.3 Å². The van der Waals surface area contributed by atoms with Crippen LogP contribution in [0.3, 0.4) is 0 Å². The molecular weight excluding hydrogens is 242 g/mol. The van der Waals surface area contributed by atoms with Crippen molar-refractivity contribution >= 4 is 11.8 Å². The van der Waals surface area contributed by atoms with Crippen LogP contribution in [0, 0.1) is 0 Å². The molecule has 0 unspecified atom stereocenters. The van der Waals surface area contributed by atoms with E-state index in [0.717, 1.165) is 5.56 Å². The van der Waals surface area contributed by atoms with Gasteiger partial charge in [0.1, 0.15) is 5.69 Å². The fourth-order valence-corrected chi connectivity index (χ4v) is 2.22. The van der Waals surface area contributed by atoms with E-state index in [4.69, 9.17) is 4.74 Å². The predicted octanol–water partition coefficient (Wildman–Crippen LogP) is 2.47. The first kappa shape index (κ1) is 11.6. The second kappa shape index (κ2) is 4.31. The summed E-state index contributed by atoms with van der Waals surface area (Å²) in [6.07, 6.45) is 1.39. The van der Waals surface area contributed by atoms with Crippen molar-refractivity contribution in [2.24, 2.45) is 0 Å². The average Bonchev–Trinajstić information content (AvgIpc) is 2.73. The lowest BCUT2D eigenvalue weighted by Gasteiger charge is -2.03. The van der Waals surface area contributed by atoms with Gasteiger partial charge in [0.2, 0.25) is 5.78 Å². The Morgan fingerprint density at radius 2 is 1.95 bits per heavy atom. The molecule has 4 heteroatoms. The number of carbonyl (C=O) groups is 2. The first-order valence-corrected chi connectivity index (χ1v) is 6.03. The van der Waals surface area contributed by atoms with Crippen LogP contribution in [0.1, 0.15) is 33.3 Å². The van der Waals surface area contributed by atoms with Gasteiger partial charge < -0.3 is 4.74 Å². The van der Waals surface area contributed by atoms with Gasteiger partial charge in [-0.15, -0.1) is 0 Å². The highest BCUT2D eigenvalue weighted by atomic mass is 16.5. The Kier molecular flexibility index (Phi) is 2.63. The Balaban J connectivity index is 2.13. The van der Waals surface area contributed by atoms with E-state index >= 15 is 0 Å². The minimum atomic E-state index is -0.422. The van der Waals surface area contributed by atoms with Crippen LogP contribution < -0.4 is 0 Å². The summed E-state index contributed by atoms with van der Waals surface area (Å²) in [5.41, 5.74) is 2.91. The lowest BCUT2D eigenvalue weighted by molar-refractivity contribution is 0.0525. The van der Waals surface area contributed by atoms with Crippen molar-refractivity contribution in [2.45, 2.75) is 6.92 Å². The fraction of sp³-hybridized carbons (Fsp3) is 0.133. The first-order chi connectivity index (χ1) is 9.22. The quantitative estimate of drug-likeness (QED) is 0.658.